The average molecular weight is 494 g/mol. The highest BCUT2D eigenvalue weighted by atomic mass is 16.2. The molecule has 9 nitrogen and oxygen atoms in total. The van der Waals surface area contributed by atoms with Crippen LogP contribution in [0.4, 0.5) is 0 Å². The lowest BCUT2D eigenvalue weighted by Gasteiger charge is -2.30. The zero-order chi connectivity index (χ0) is 25.3. The molecule has 6 N–H and O–H groups in total. The lowest BCUT2D eigenvalue weighted by Crippen LogP contribution is -2.49. The first-order valence-corrected chi connectivity index (χ1v) is 13.3. The number of aromatic nitrogens is 1. The first kappa shape index (κ1) is 25.9. The van der Waals surface area contributed by atoms with Gasteiger partial charge in [0.25, 0.3) is 5.91 Å². The average Bonchev–Trinajstić information content (AvgIpc) is 3.04. The fourth-order valence-electron chi connectivity index (χ4n) is 5.35. The number of benzene rings is 1. The summed E-state index contributed by atoms with van der Waals surface area (Å²) in [4.78, 5) is 32.8. The second-order valence-corrected chi connectivity index (χ2v) is 10.1. The van der Waals surface area contributed by atoms with E-state index < -0.39 is 0 Å². The molecule has 0 bridgehead atoms. The van der Waals surface area contributed by atoms with Gasteiger partial charge in [0.05, 0.1) is 17.1 Å². The van der Waals surface area contributed by atoms with Gasteiger partial charge in [-0.05, 0) is 50.2 Å². The predicted octanol–water partition coefficient (Wildman–Crippen LogP) is 2.37. The number of amides is 2. The Bertz CT molecular complexity index is 1050. The Labute approximate surface area is 213 Å². The van der Waals surface area contributed by atoms with Crippen LogP contribution in [0.15, 0.2) is 36.5 Å². The summed E-state index contributed by atoms with van der Waals surface area (Å²) in [7, 11) is 0. The molecule has 4 rings (SSSR count). The van der Waals surface area contributed by atoms with E-state index in [4.69, 9.17) is 11.1 Å². The summed E-state index contributed by atoms with van der Waals surface area (Å²) in [5, 5.41) is 17.7. The van der Waals surface area contributed by atoms with E-state index >= 15 is 0 Å². The van der Waals surface area contributed by atoms with E-state index in [9.17, 15) is 9.59 Å². The maximum atomic E-state index is 13.5. The van der Waals surface area contributed by atoms with E-state index in [0.29, 0.717) is 37.5 Å². The number of carbonyl (C=O) groups excluding carboxylic acids is 2. The molecule has 0 unspecified atom stereocenters. The summed E-state index contributed by atoms with van der Waals surface area (Å²) in [6.45, 7) is 2.52. The number of nitrogens with one attached hydrogen (secondary N) is 4. The molecule has 1 aliphatic carbocycles. The van der Waals surface area contributed by atoms with Crippen molar-refractivity contribution in [1.82, 2.24) is 25.8 Å². The molecule has 2 heterocycles. The standard InChI is InChI=1S/C27H39N7O2/c28-27(29)30-13-6-11-24-26(36)34(18-19-7-2-1-3-8-19)14-12-22(33-24)17-32-25(35)21-15-20-9-4-5-10-23(20)31-16-21/h4-5,9-10,15-16,19,22,24,33H,1-3,6-8,11-14,17-18H2,(H,32,35)(H4,28,29,30)/t22-,24-/m0/s1. The van der Waals surface area contributed by atoms with Crippen molar-refractivity contribution in [3.63, 3.8) is 0 Å². The zero-order valence-corrected chi connectivity index (χ0v) is 21.0. The summed E-state index contributed by atoms with van der Waals surface area (Å²) in [6.07, 6.45) is 9.98. The molecule has 2 atom stereocenters. The minimum absolute atomic E-state index is 0.00608. The Morgan fingerprint density at radius 3 is 2.78 bits per heavy atom. The summed E-state index contributed by atoms with van der Waals surface area (Å²) < 4.78 is 0. The molecular formula is C27H39N7O2. The number of rotatable bonds is 9. The molecule has 1 aromatic heterocycles. The van der Waals surface area contributed by atoms with Gasteiger partial charge < -0.3 is 26.6 Å². The SMILES string of the molecule is N=C(N)NCCC[C@@H]1N[C@H](CNC(=O)c2cnc3ccccc3c2)CCN(CC2CCCCC2)C1=O. The van der Waals surface area contributed by atoms with E-state index in [0.717, 1.165) is 30.3 Å². The molecule has 1 saturated heterocycles. The molecule has 2 fully saturated rings. The Morgan fingerprint density at radius 1 is 1.17 bits per heavy atom. The fraction of sp³-hybridized carbons (Fsp3) is 0.556. The molecule has 0 spiro atoms. The van der Waals surface area contributed by atoms with E-state index in [1.54, 1.807) is 6.20 Å². The zero-order valence-electron chi connectivity index (χ0n) is 21.0. The third-order valence-corrected chi connectivity index (χ3v) is 7.34. The molecule has 36 heavy (non-hydrogen) atoms. The first-order chi connectivity index (χ1) is 17.5. The van der Waals surface area contributed by atoms with Crippen LogP contribution in [-0.2, 0) is 4.79 Å². The van der Waals surface area contributed by atoms with Crippen LogP contribution in [0.3, 0.4) is 0 Å². The van der Waals surface area contributed by atoms with E-state index in [1.807, 2.05) is 35.2 Å². The topological polar surface area (TPSA) is 136 Å². The number of nitrogens with two attached hydrogens (primary N) is 1. The number of pyridine rings is 1. The van der Waals surface area contributed by atoms with Crippen molar-refractivity contribution in [3.8, 4) is 0 Å². The Balaban J connectivity index is 1.37. The second kappa shape index (κ2) is 12.7. The highest BCUT2D eigenvalue weighted by Gasteiger charge is 2.32. The normalized spacial score (nSPS) is 21.2. The quantitative estimate of drug-likeness (QED) is 0.207. The predicted molar refractivity (Wildman–Crippen MR) is 142 cm³/mol. The number of nitrogens with zero attached hydrogens (tertiary/aromatic N) is 2. The molecule has 1 aliphatic heterocycles. The molecule has 9 heteroatoms. The van der Waals surface area contributed by atoms with Crippen molar-refractivity contribution < 1.29 is 9.59 Å². The Kier molecular flexibility index (Phi) is 9.11. The van der Waals surface area contributed by atoms with Crippen LogP contribution in [0.1, 0.15) is 61.7 Å². The minimum Gasteiger partial charge on any atom is -0.370 e. The smallest absolute Gasteiger partial charge is 0.252 e. The Hall–Kier alpha value is -3.20. The van der Waals surface area contributed by atoms with Gasteiger partial charge in [-0.25, -0.2) is 0 Å². The van der Waals surface area contributed by atoms with Gasteiger partial charge in [-0.15, -0.1) is 0 Å². The van der Waals surface area contributed by atoms with Crippen LogP contribution < -0.4 is 21.7 Å². The molecule has 0 radical (unpaired) electrons. The van der Waals surface area contributed by atoms with E-state index in [1.165, 1.54) is 32.1 Å². The number of fused-ring (bicyclic) bond motifs is 1. The molecular weight excluding hydrogens is 454 g/mol. The molecule has 2 aromatic rings. The molecule has 1 saturated carbocycles. The fourth-order valence-corrected chi connectivity index (χ4v) is 5.35. The maximum Gasteiger partial charge on any atom is 0.252 e. The van der Waals surface area contributed by atoms with Gasteiger partial charge in [-0.1, -0.05) is 37.5 Å². The van der Waals surface area contributed by atoms with E-state index in [2.05, 4.69) is 20.9 Å². The lowest BCUT2D eigenvalue weighted by atomic mass is 9.89. The molecule has 2 amide bonds. The van der Waals surface area contributed by atoms with Crippen LogP contribution in [0.25, 0.3) is 10.9 Å². The monoisotopic (exact) mass is 493 g/mol. The van der Waals surface area contributed by atoms with Gasteiger partial charge >= 0.3 is 0 Å². The van der Waals surface area contributed by atoms with Crippen LogP contribution in [-0.4, -0.2) is 65.9 Å². The van der Waals surface area contributed by atoms with Gasteiger partial charge in [-0.2, -0.15) is 0 Å². The number of guanidine groups is 1. The molecule has 2 aliphatic rings. The van der Waals surface area contributed by atoms with Crippen molar-refractivity contribution in [1.29, 1.82) is 5.41 Å². The molecule has 194 valence electrons. The second-order valence-electron chi connectivity index (χ2n) is 10.1. The van der Waals surface area contributed by atoms with Gasteiger partial charge in [0.1, 0.15) is 0 Å². The third-order valence-electron chi connectivity index (χ3n) is 7.34. The number of hydrogen-bond acceptors (Lipinski definition) is 5. The highest BCUT2D eigenvalue weighted by Crippen LogP contribution is 2.25. The summed E-state index contributed by atoms with van der Waals surface area (Å²) >= 11 is 0. The van der Waals surface area contributed by atoms with Crippen LogP contribution >= 0.6 is 0 Å². The summed E-state index contributed by atoms with van der Waals surface area (Å²) in [6, 6.07) is 9.28. The summed E-state index contributed by atoms with van der Waals surface area (Å²) in [5.74, 6) is 0.514. The number of carbonyl (C=O) groups is 2. The van der Waals surface area contributed by atoms with Gasteiger partial charge in [0.2, 0.25) is 5.91 Å². The lowest BCUT2D eigenvalue weighted by molar-refractivity contribution is -0.133. The van der Waals surface area contributed by atoms with Crippen molar-refractivity contribution in [2.45, 2.75) is 63.5 Å². The van der Waals surface area contributed by atoms with Crippen molar-refractivity contribution in [2.75, 3.05) is 26.2 Å². The number of hydrogen-bond donors (Lipinski definition) is 5. The number of para-hydroxylation sites is 1. The van der Waals surface area contributed by atoms with Crippen molar-refractivity contribution in [3.05, 3.63) is 42.1 Å². The van der Waals surface area contributed by atoms with Gasteiger partial charge in [0.15, 0.2) is 5.96 Å². The van der Waals surface area contributed by atoms with Crippen LogP contribution in [0, 0.1) is 11.3 Å². The van der Waals surface area contributed by atoms with Gasteiger partial charge in [-0.3, -0.25) is 20.0 Å². The summed E-state index contributed by atoms with van der Waals surface area (Å²) in [5.41, 5.74) is 6.79. The Morgan fingerprint density at radius 2 is 1.97 bits per heavy atom. The van der Waals surface area contributed by atoms with Crippen LogP contribution in [0.5, 0.6) is 0 Å². The largest absolute Gasteiger partial charge is 0.370 e. The van der Waals surface area contributed by atoms with Crippen LogP contribution in [0.2, 0.25) is 0 Å². The van der Waals surface area contributed by atoms with Gasteiger partial charge in [0, 0.05) is 43.8 Å². The highest BCUT2D eigenvalue weighted by molar-refractivity contribution is 5.97. The van der Waals surface area contributed by atoms with Crippen molar-refractivity contribution >= 4 is 28.7 Å². The van der Waals surface area contributed by atoms with Crippen molar-refractivity contribution in [2.24, 2.45) is 11.7 Å². The minimum atomic E-state index is -0.311. The van der Waals surface area contributed by atoms with E-state index in [-0.39, 0.29) is 29.9 Å². The third kappa shape index (κ3) is 7.16. The maximum absolute atomic E-state index is 13.5. The first-order valence-electron chi connectivity index (χ1n) is 13.3. The molecule has 1 aromatic carbocycles.